The van der Waals surface area contributed by atoms with Crippen molar-refractivity contribution in [1.29, 1.82) is 0 Å². The molecule has 1 fully saturated rings. The highest BCUT2D eigenvalue weighted by molar-refractivity contribution is 6.05. The number of H-pyrrole nitrogens is 1. The van der Waals surface area contributed by atoms with E-state index in [-0.39, 0.29) is 17.0 Å². The molecule has 29 heavy (non-hydrogen) atoms. The molecule has 1 aromatic carbocycles. The molecule has 0 saturated heterocycles. The van der Waals surface area contributed by atoms with Crippen LogP contribution in [0.3, 0.4) is 0 Å². The van der Waals surface area contributed by atoms with Gasteiger partial charge in [-0.1, -0.05) is 6.07 Å². The average molecular weight is 388 g/mol. The average Bonchev–Trinajstić information content (AvgIpc) is 3.39. The number of hydrogen-bond acceptors (Lipinski definition) is 5. The van der Waals surface area contributed by atoms with Crippen LogP contribution in [0.15, 0.2) is 64.6 Å². The van der Waals surface area contributed by atoms with Gasteiger partial charge >= 0.3 is 5.69 Å². The van der Waals surface area contributed by atoms with E-state index in [0.29, 0.717) is 11.3 Å². The van der Waals surface area contributed by atoms with Crippen LogP contribution in [0.4, 0.5) is 5.69 Å². The van der Waals surface area contributed by atoms with Crippen LogP contribution in [0, 0.1) is 0 Å². The van der Waals surface area contributed by atoms with Crippen molar-refractivity contribution in [2.75, 3.05) is 5.32 Å². The van der Waals surface area contributed by atoms with Gasteiger partial charge in [0.05, 0.1) is 16.6 Å². The molecule has 3 aromatic heterocycles. The van der Waals surface area contributed by atoms with Crippen molar-refractivity contribution in [3.63, 3.8) is 0 Å². The third-order valence-corrected chi connectivity index (χ3v) is 4.83. The molecule has 0 aliphatic heterocycles. The van der Waals surface area contributed by atoms with Crippen LogP contribution in [-0.2, 0) is 0 Å². The third kappa shape index (κ3) is 3.12. The van der Waals surface area contributed by atoms with Crippen molar-refractivity contribution in [2.24, 2.45) is 0 Å². The van der Waals surface area contributed by atoms with Crippen LogP contribution in [0.5, 0.6) is 0 Å². The Bertz CT molecular complexity index is 1350. The Hall–Kier alpha value is -4.01. The summed E-state index contributed by atoms with van der Waals surface area (Å²) in [4.78, 5) is 43.6. The smallest absolute Gasteiger partial charge is 0.322 e. The molecule has 0 radical (unpaired) electrons. The molecule has 0 bridgehead atoms. The minimum Gasteiger partial charge on any atom is -0.322 e. The van der Waals surface area contributed by atoms with Gasteiger partial charge in [0.25, 0.3) is 11.5 Å². The van der Waals surface area contributed by atoms with Gasteiger partial charge in [0.2, 0.25) is 0 Å². The van der Waals surface area contributed by atoms with Gasteiger partial charge in [0, 0.05) is 30.3 Å². The lowest BCUT2D eigenvalue weighted by molar-refractivity contribution is 0.102. The quantitative estimate of drug-likeness (QED) is 0.554. The first-order chi connectivity index (χ1) is 14.1. The van der Waals surface area contributed by atoms with Gasteiger partial charge in [0.1, 0.15) is 5.65 Å². The van der Waals surface area contributed by atoms with E-state index in [1.54, 1.807) is 29.2 Å². The van der Waals surface area contributed by atoms with Crippen molar-refractivity contribution in [3.8, 4) is 5.69 Å². The van der Waals surface area contributed by atoms with E-state index in [1.165, 1.54) is 16.8 Å². The first-order valence-electron chi connectivity index (χ1n) is 9.16. The summed E-state index contributed by atoms with van der Waals surface area (Å²) in [6, 6.07) is 10.6. The van der Waals surface area contributed by atoms with Crippen LogP contribution < -0.4 is 16.6 Å². The zero-order valence-corrected chi connectivity index (χ0v) is 15.2. The van der Waals surface area contributed by atoms with Crippen LogP contribution in [0.25, 0.3) is 16.7 Å². The SMILES string of the molecule is O=C(Nc1cccc(-n2cccn2)c1)c1cnc2c(c1)c(=O)[nH]c(=O)n2C1CC1. The summed E-state index contributed by atoms with van der Waals surface area (Å²) in [5.41, 5.74) is 0.899. The summed E-state index contributed by atoms with van der Waals surface area (Å²) in [5.74, 6) is -0.402. The number of fused-ring (bicyclic) bond motifs is 1. The molecule has 0 atom stereocenters. The number of hydrogen-bond donors (Lipinski definition) is 2. The van der Waals surface area contributed by atoms with Crippen molar-refractivity contribution in [1.82, 2.24) is 24.3 Å². The highest BCUT2D eigenvalue weighted by Gasteiger charge is 2.27. The van der Waals surface area contributed by atoms with Gasteiger partial charge in [-0.3, -0.25) is 19.1 Å². The number of rotatable bonds is 4. The van der Waals surface area contributed by atoms with E-state index in [1.807, 2.05) is 18.2 Å². The van der Waals surface area contributed by atoms with Gasteiger partial charge in [-0.15, -0.1) is 0 Å². The lowest BCUT2D eigenvalue weighted by Crippen LogP contribution is -2.30. The van der Waals surface area contributed by atoms with E-state index < -0.39 is 17.2 Å². The number of anilines is 1. The van der Waals surface area contributed by atoms with Gasteiger partial charge in [-0.05, 0) is 43.2 Å². The summed E-state index contributed by atoms with van der Waals surface area (Å²) >= 11 is 0. The number of aromatic amines is 1. The Labute approximate surface area is 163 Å². The number of pyridine rings is 1. The number of carbonyl (C=O) groups excluding carboxylic acids is 1. The molecular formula is C20H16N6O3. The standard InChI is InChI=1S/C20H16N6O3/c27-18(23-13-3-1-4-15(10-13)25-8-2-7-22-25)12-9-16-17(21-11-12)26(14-5-6-14)20(29)24-19(16)28/h1-4,7-11,14H,5-6H2,(H,23,27)(H,24,28,29). The van der Waals surface area contributed by atoms with Crippen LogP contribution in [-0.4, -0.2) is 30.2 Å². The first-order valence-corrected chi connectivity index (χ1v) is 9.16. The topological polar surface area (TPSA) is 115 Å². The Morgan fingerprint density at radius 3 is 2.79 bits per heavy atom. The van der Waals surface area contributed by atoms with Crippen molar-refractivity contribution >= 4 is 22.6 Å². The highest BCUT2D eigenvalue weighted by Crippen LogP contribution is 2.34. The molecular weight excluding hydrogens is 372 g/mol. The fourth-order valence-corrected chi connectivity index (χ4v) is 3.28. The number of aromatic nitrogens is 5. The summed E-state index contributed by atoms with van der Waals surface area (Å²) in [7, 11) is 0. The molecule has 4 aromatic rings. The monoisotopic (exact) mass is 388 g/mol. The normalized spacial score (nSPS) is 13.5. The maximum absolute atomic E-state index is 12.7. The maximum Gasteiger partial charge on any atom is 0.330 e. The Morgan fingerprint density at radius 2 is 2.03 bits per heavy atom. The molecule has 9 nitrogen and oxygen atoms in total. The van der Waals surface area contributed by atoms with E-state index >= 15 is 0 Å². The molecule has 3 heterocycles. The zero-order valence-electron chi connectivity index (χ0n) is 15.2. The van der Waals surface area contributed by atoms with E-state index in [0.717, 1.165) is 18.5 Å². The predicted octanol–water partition coefficient (Wildman–Crippen LogP) is 1.86. The molecule has 1 amide bonds. The minimum atomic E-state index is -0.551. The van der Waals surface area contributed by atoms with Crippen molar-refractivity contribution < 1.29 is 4.79 Å². The lowest BCUT2D eigenvalue weighted by atomic mass is 10.2. The second-order valence-corrected chi connectivity index (χ2v) is 6.91. The minimum absolute atomic E-state index is 0.0547. The highest BCUT2D eigenvalue weighted by atomic mass is 16.2. The van der Waals surface area contributed by atoms with Gasteiger partial charge in [-0.25, -0.2) is 14.5 Å². The number of nitrogens with one attached hydrogen (secondary N) is 2. The molecule has 1 aliphatic carbocycles. The second-order valence-electron chi connectivity index (χ2n) is 6.91. The summed E-state index contributed by atoms with van der Waals surface area (Å²) in [6.07, 6.45) is 6.60. The van der Waals surface area contributed by atoms with E-state index in [2.05, 4.69) is 20.4 Å². The molecule has 5 rings (SSSR count). The van der Waals surface area contributed by atoms with Crippen LogP contribution in [0.2, 0.25) is 0 Å². The fraction of sp³-hybridized carbons (Fsp3) is 0.150. The summed E-state index contributed by atoms with van der Waals surface area (Å²) in [6.45, 7) is 0. The Morgan fingerprint density at radius 1 is 1.17 bits per heavy atom. The Balaban J connectivity index is 1.48. The molecule has 1 aliphatic rings. The fourth-order valence-electron chi connectivity index (χ4n) is 3.28. The predicted molar refractivity (Wildman–Crippen MR) is 106 cm³/mol. The number of amides is 1. The van der Waals surface area contributed by atoms with Crippen LogP contribution in [0.1, 0.15) is 29.2 Å². The molecule has 1 saturated carbocycles. The largest absolute Gasteiger partial charge is 0.330 e. The van der Waals surface area contributed by atoms with Crippen molar-refractivity contribution in [3.05, 3.63) is 81.4 Å². The van der Waals surface area contributed by atoms with Gasteiger partial charge < -0.3 is 5.32 Å². The summed E-state index contributed by atoms with van der Waals surface area (Å²) in [5, 5.41) is 7.19. The van der Waals surface area contributed by atoms with Crippen LogP contribution >= 0.6 is 0 Å². The second kappa shape index (κ2) is 6.55. The molecule has 2 N–H and O–H groups in total. The summed E-state index contributed by atoms with van der Waals surface area (Å²) < 4.78 is 3.18. The zero-order chi connectivity index (χ0) is 20.0. The van der Waals surface area contributed by atoms with E-state index in [4.69, 9.17) is 0 Å². The number of nitrogens with zero attached hydrogens (tertiary/aromatic N) is 4. The van der Waals surface area contributed by atoms with Gasteiger partial charge in [-0.2, -0.15) is 5.10 Å². The molecule has 144 valence electrons. The lowest BCUT2D eigenvalue weighted by Gasteiger charge is -2.10. The van der Waals surface area contributed by atoms with Crippen molar-refractivity contribution in [2.45, 2.75) is 18.9 Å². The van der Waals surface area contributed by atoms with E-state index in [9.17, 15) is 14.4 Å². The molecule has 0 unspecified atom stereocenters. The first kappa shape index (κ1) is 17.1. The number of carbonyl (C=O) groups is 1. The Kier molecular flexibility index (Phi) is 3.87. The van der Waals surface area contributed by atoms with Gasteiger partial charge in [0.15, 0.2) is 0 Å². The molecule has 9 heteroatoms. The number of benzene rings is 1. The maximum atomic E-state index is 12.7. The third-order valence-electron chi connectivity index (χ3n) is 4.83. The molecule has 0 spiro atoms.